The van der Waals surface area contributed by atoms with E-state index in [2.05, 4.69) is 128 Å². The quantitative estimate of drug-likeness (QED) is 0.0100. The highest BCUT2D eigenvalue weighted by molar-refractivity contribution is 5.94. The van der Waals surface area contributed by atoms with Crippen LogP contribution in [-0.2, 0) is 113 Å². The number of morpholine rings is 1. The van der Waals surface area contributed by atoms with Gasteiger partial charge in [-0.3, -0.25) is 64.9 Å². The predicted octanol–water partition coefficient (Wildman–Crippen LogP) is 15.6. The fourth-order valence-electron chi connectivity index (χ4n) is 16.5. The number of nitrogens with one attached hydrogen (secondary N) is 5. The largest absolute Gasteiger partial charge is 0.493 e. The van der Waals surface area contributed by atoms with Gasteiger partial charge in [-0.25, -0.2) is 52.3 Å². The van der Waals surface area contributed by atoms with Gasteiger partial charge in [0, 0.05) is 139 Å². The van der Waals surface area contributed by atoms with E-state index in [1.807, 2.05) is 183 Å². The Morgan fingerprint density at radius 3 is 1.34 bits per heavy atom. The van der Waals surface area contributed by atoms with E-state index >= 15 is 0 Å². The van der Waals surface area contributed by atoms with Crippen molar-refractivity contribution in [3.63, 3.8) is 0 Å². The van der Waals surface area contributed by atoms with Crippen molar-refractivity contribution >= 4 is 109 Å². The van der Waals surface area contributed by atoms with Gasteiger partial charge in [0.25, 0.3) is 23.6 Å². The molecule has 1 saturated heterocycles. The third-order valence-electron chi connectivity index (χ3n) is 23.7. The Morgan fingerprint density at radius 2 is 0.850 bits per heavy atom. The van der Waals surface area contributed by atoms with Crippen LogP contribution in [0.3, 0.4) is 0 Å². The number of methoxy groups -OCH3 is 3. The van der Waals surface area contributed by atoms with E-state index in [9.17, 15) is 24.0 Å². The van der Waals surface area contributed by atoms with Crippen molar-refractivity contribution in [1.29, 1.82) is 0 Å². The molecule has 32 nitrogen and oxygen atoms in total. The molecule has 32 heteroatoms. The summed E-state index contributed by atoms with van der Waals surface area (Å²) in [5.74, 6) is 3.48. The molecule has 8 heterocycles. The lowest BCUT2D eigenvalue weighted by molar-refractivity contribution is -0.129. The topological polar surface area (TPSA) is 402 Å². The second kappa shape index (κ2) is 51.8. The molecule has 0 saturated carbocycles. The van der Waals surface area contributed by atoms with Gasteiger partial charge >= 0.3 is 0 Å². The van der Waals surface area contributed by atoms with Gasteiger partial charge < -0.3 is 41.8 Å². The first-order valence-corrected chi connectivity index (χ1v) is 46.2. The number of carbonyl (C=O) groups excluding carboxylic acids is 5. The molecule has 10 N–H and O–H groups in total. The van der Waals surface area contributed by atoms with E-state index in [-0.39, 0.29) is 6.42 Å². The van der Waals surface area contributed by atoms with Crippen LogP contribution < -0.4 is 41.6 Å². The van der Waals surface area contributed by atoms with Crippen LogP contribution in [-0.4, -0.2) is 172 Å². The number of hydroxylamine groups is 5. The Balaban J connectivity index is 0.000000150. The van der Waals surface area contributed by atoms with Gasteiger partial charge in [-0.2, -0.15) is 0 Å². The number of aromatic nitrogens is 12. The number of pyridine rings is 2. The number of fused-ring (bicyclic) bond motifs is 5. The van der Waals surface area contributed by atoms with Crippen molar-refractivity contribution in [1.82, 2.24) is 90.0 Å². The predicted molar refractivity (Wildman–Crippen MR) is 538 cm³/mol. The SMILES string of the molecule is CC(Cc1nc2cc(/C=C/C(=O)NO)ccc2n1CCc1ccccn1)c1ccccc1.CCn1c(C)nc2cc(/C=C/C(=O)NO)ccc21.COc1cc(Cn2c(CCc3ccccc3)nc3cc(CCC(=O)NO)ccc32)cc(OC)c1OC.O=C(/C=C/c1ccc2c(c1)nc(CCc1ccccc1)n2CCN1CCOCC1)NO.O=C(/C=C/c1ccc2c(c1)ncn2CCc1ccccn1)NO. The van der Waals surface area contributed by atoms with Crippen LogP contribution >= 0.6 is 0 Å². The number of ether oxygens (including phenoxy) is 4. The van der Waals surface area contributed by atoms with Gasteiger partial charge in [-0.15, -0.1) is 0 Å². The Hall–Kier alpha value is -15.9. The molecule has 140 heavy (non-hydrogen) atoms. The van der Waals surface area contributed by atoms with Crippen LogP contribution in [0, 0.1) is 6.92 Å². The number of aryl methyl sites for hydroxylation is 11. The van der Waals surface area contributed by atoms with Crippen molar-refractivity contribution in [2.45, 2.75) is 117 Å². The Bertz CT molecular complexity index is 6910. The zero-order valence-electron chi connectivity index (χ0n) is 79.0. The Morgan fingerprint density at radius 1 is 0.407 bits per heavy atom. The number of amides is 5. The summed E-state index contributed by atoms with van der Waals surface area (Å²) in [6.45, 7) is 14.7. The molecule has 0 radical (unpaired) electrons. The second-order valence-corrected chi connectivity index (χ2v) is 33.0. The molecule has 17 rings (SSSR count). The Kier molecular flexibility index (Phi) is 37.6. The fourth-order valence-corrected chi connectivity index (χ4v) is 16.5. The second-order valence-electron chi connectivity index (χ2n) is 33.0. The number of imidazole rings is 5. The number of nitrogens with zero attached hydrogens (tertiary/aromatic N) is 13. The molecule has 1 aliphatic rings. The average molecular weight is 1890 g/mol. The molecule has 1 fully saturated rings. The lowest BCUT2D eigenvalue weighted by Crippen LogP contribution is -2.38. The zero-order chi connectivity index (χ0) is 98.5. The van der Waals surface area contributed by atoms with Gasteiger partial charge in [0.1, 0.15) is 23.3 Å². The molecule has 1 unspecified atom stereocenters. The highest BCUT2D eigenvalue weighted by Gasteiger charge is 2.22. The molecule has 0 bridgehead atoms. The van der Waals surface area contributed by atoms with E-state index in [1.54, 1.807) is 79.2 Å². The van der Waals surface area contributed by atoms with Crippen molar-refractivity contribution < 1.29 is 69.0 Å². The van der Waals surface area contributed by atoms with E-state index < -0.39 is 29.5 Å². The van der Waals surface area contributed by atoms with Crippen molar-refractivity contribution in [2.24, 2.45) is 0 Å². The smallest absolute Gasteiger partial charge is 0.267 e. The molecule has 16 aromatic rings. The third-order valence-corrected chi connectivity index (χ3v) is 23.7. The molecule has 1 atom stereocenters. The summed E-state index contributed by atoms with van der Waals surface area (Å²) in [6, 6.07) is 76.7. The first-order chi connectivity index (χ1) is 68.3. The maximum atomic E-state index is 11.5. The van der Waals surface area contributed by atoms with Crippen LogP contribution in [0.4, 0.5) is 0 Å². The molecule has 5 amide bonds. The third kappa shape index (κ3) is 28.6. The maximum Gasteiger partial charge on any atom is 0.267 e. The standard InChI is InChI=1S/C28H31N3O5.C26H26N4O2.C24H28N4O3.C17H16N4O2.C13H15N3O2/c1-34-24-16-21(17-25(35-2)28(24)36-3)18-31-23-12-9-20(11-14-27(32)30-33)15-22(23)29-26(31)13-10-19-7-5-4-6-8-19;1-19(21-7-3-2-4-8-21)17-25-28-23-18-20(11-13-26(31)29-32)10-12-24(23)30(25)16-14-22-9-5-6-15-27-22;29-24(26-30)11-8-20-6-9-22-21(18-20)25-23(10-7-19-4-2-1-3-5-19)28(22)13-12-27-14-16-31-17-15-27;22-17(20-23)7-5-13-4-6-16-15(11-13)19-12-21(16)10-8-14-3-1-2-9-18-14;1-3-16-9(2)14-11-8-10(4-6-12(11)16)5-7-13(17)15-18/h4-9,12,15-17,33H,10-11,13-14,18H2,1-3H3,(H,30,32);2-13,15,18-19,32H,14,16-17H2,1H3,(H,29,31);1-6,8-9,11,18,30H,7,10,12-17H2,(H,26,29);1-7,9,11-12,23H,8,10H2,(H,20,22);4-8,18H,3H2,1-2H3,(H,15,17)/b;13-11+;11-8+;2*7-5+. The normalized spacial score (nSPS) is 12.2. The van der Waals surface area contributed by atoms with E-state index in [0.717, 1.165) is 227 Å². The average Bonchev–Trinajstić information content (AvgIpc) is 1.64. The van der Waals surface area contributed by atoms with Crippen LogP contribution in [0.1, 0.15) is 111 Å². The molecule has 722 valence electrons. The van der Waals surface area contributed by atoms with Crippen LogP contribution in [0.25, 0.3) is 79.5 Å². The molecule has 0 aliphatic carbocycles. The summed E-state index contributed by atoms with van der Waals surface area (Å²) in [5.41, 5.74) is 29.0. The molecular formula is C108H116N18O14. The highest BCUT2D eigenvalue weighted by atomic mass is 16.5. The number of hydrogen-bond donors (Lipinski definition) is 10. The maximum absolute atomic E-state index is 11.5. The van der Waals surface area contributed by atoms with Gasteiger partial charge in [0.05, 0.1) is 96.0 Å². The molecule has 0 spiro atoms. The minimum absolute atomic E-state index is 0.203. The molecule has 9 aromatic carbocycles. The van der Waals surface area contributed by atoms with Crippen LogP contribution in [0.5, 0.6) is 17.2 Å². The number of carbonyl (C=O) groups is 5. The van der Waals surface area contributed by atoms with Crippen molar-refractivity contribution in [3.05, 3.63) is 358 Å². The van der Waals surface area contributed by atoms with Crippen molar-refractivity contribution in [3.8, 4) is 17.2 Å². The summed E-state index contributed by atoms with van der Waals surface area (Å²) in [6.07, 6.45) is 23.7. The lowest BCUT2D eigenvalue weighted by atomic mass is 9.97. The summed E-state index contributed by atoms with van der Waals surface area (Å²) >= 11 is 0. The minimum atomic E-state index is -0.566. The highest BCUT2D eigenvalue weighted by Crippen LogP contribution is 2.39. The summed E-state index contributed by atoms with van der Waals surface area (Å²) in [7, 11) is 4.81. The minimum Gasteiger partial charge on any atom is -0.493 e. The number of hydrogen-bond acceptors (Lipinski definition) is 22. The summed E-state index contributed by atoms with van der Waals surface area (Å²) in [4.78, 5) is 90.9. The van der Waals surface area contributed by atoms with Gasteiger partial charge in [-0.1, -0.05) is 140 Å². The zero-order valence-corrected chi connectivity index (χ0v) is 79.0. The number of rotatable bonds is 35. The Labute approximate surface area is 810 Å². The van der Waals surface area contributed by atoms with E-state index in [4.69, 9.17) is 59.9 Å². The van der Waals surface area contributed by atoms with E-state index in [0.29, 0.717) is 36.1 Å². The van der Waals surface area contributed by atoms with Gasteiger partial charge in [-0.05, 0) is 210 Å². The molecule has 1 aliphatic heterocycles. The number of benzene rings is 9. The first kappa shape index (κ1) is 101. The first-order valence-electron chi connectivity index (χ1n) is 46.2. The molecular weight excluding hydrogens is 1770 g/mol. The lowest BCUT2D eigenvalue weighted by Gasteiger charge is -2.27. The fraction of sp³-hybridized carbons (Fsp3) is 0.241. The monoisotopic (exact) mass is 1890 g/mol. The van der Waals surface area contributed by atoms with E-state index in [1.165, 1.54) is 41.0 Å². The van der Waals surface area contributed by atoms with Gasteiger partial charge in [0.15, 0.2) is 11.5 Å². The van der Waals surface area contributed by atoms with Crippen LogP contribution in [0.2, 0.25) is 0 Å². The summed E-state index contributed by atoms with van der Waals surface area (Å²) in [5, 5.41) is 43.0. The van der Waals surface area contributed by atoms with Crippen molar-refractivity contribution in [2.75, 3.05) is 54.2 Å². The van der Waals surface area contributed by atoms with Crippen LogP contribution in [0.15, 0.2) is 274 Å². The van der Waals surface area contributed by atoms with Gasteiger partial charge in [0.2, 0.25) is 11.7 Å². The molecule has 7 aromatic heterocycles. The summed E-state index contributed by atoms with van der Waals surface area (Å²) < 4.78 is 33.1.